The third-order valence-electron chi connectivity index (χ3n) is 3.39. The normalized spacial score (nSPS) is 11.7. The van der Waals surface area contributed by atoms with Gasteiger partial charge in [-0.3, -0.25) is 0 Å². The maximum absolute atomic E-state index is 12.5. The molecule has 0 N–H and O–H groups in total. The summed E-state index contributed by atoms with van der Waals surface area (Å²) in [6.07, 6.45) is 0.938. The van der Waals surface area contributed by atoms with E-state index in [0.29, 0.717) is 25.3 Å². The van der Waals surface area contributed by atoms with Crippen LogP contribution in [-0.2, 0) is 14.3 Å². The fourth-order valence-electron chi connectivity index (χ4n) is 2.20. The van der Waals surface area contributed by atoms with Gasteiger partial charge in [-0.2, -0.15) is 0 Å². The van der Waals surface area contributed by atoms with Gasteiger partial charge in [0, 0.05) is 12.6 Å². The number of carbonyl (C=O) groups is 2. The molecule has 0 aliphatic rings. The van der Waals surface area contributed by atoms with Gasteiger partial charge in [0.05, 0.1) is 13.2 Å². The Bertz CT molecular complexity index is 644. The zero-order valence-electron chi connectivity index (χ0n) is 17.2. The summed E-state index contributed by atoms with van der Waals surface area (Å²) in [5.41, 5.74) is 1.25. The van der Waals surface area contributed by atoms with Crippen LogP contribution in [0.3, 0.4) is 0 Å². The van der Waals surface area contributed by atoms with Gasteiger partial charge in [0.1, 0.15) is 18.0 Å². The highest BCUT2D eigenvalue weighted by molar-refractivity contribution is 5.82. The highest BCUT2D eigenvalue weighted by Gasteiger charge is 2.22. The van der Waals surface area contributed by atoms with Crippen molar-refractivity contribution in [2.75, 3.05) is 26.3 Å². The van der Waals surface area contributed by atoms with Crippen LogP contribution in [0.2, 0.25) is 0 Å². The van der Waals surface area contributed by atoms with E-state index in [1.165, 1.54) is 11.0 Å². The molecule has 0 aliphatic heterocycles. The molecule has 0 atom stereocenters. The first-order valence-corrected chi connectivity index (χ1v) is 9.12. The second-order valence-corrected chi connectivity index (χ2v) is 7.31. The Hall–Kier alpha value is -2.50. The largest absolute Gasteiger partial charge is 0.492 e. The van der Waals surface area contributed by atoms with Gasteiger partial charge in [0.2, 0.25) is 0 Å². The third-order valence-corrected chi connectivity index (χ3v) is 3.39. The number of nitrogens with zero attached hydrogens (tertiary/aromatic N) is 1. The molecule has 0 bridgehead atoms. The maximum atomic E-state index is 12.5. The molecule has 0 saturated heterocycles. The van der Waals surface area contributed by atoms with Crippen molar-refractivity contribution in [1.82, 2.24) is 4.90 Å². The van der Waals surface area contributed by atoms with Crippen LogP contribution in [0.15, 0.2) is 35.9 Å². The zero-order chi connectivity index (χ0) is 20.4. The fourth-order valence-corrected chi connectivity index (χ4v) is 2.20. The summed E-state index contributed by atoms with van der Waals surface area (Å²) in [5, 5.41) is 0. The number of aryl methyl sites for hydroxylation is 1. The fraction of sp³-hybridized carbons (Fsp3) is 0.524. The molecule has 0 heterocycles. The number of ether oxygens (including phenoxy) is 3. The van der Waals surface area contributed by atoms with Crippen LogP contribution >= 0.6 is 0 Å². The van der Waals surface area contributed by atoms with Gasteiger partial charge in [-0.15, -0.1) is 0 Å². The molecule has 0 radical (unpaired) electrons. The summed E-state index contributed by atoms with van der Waals surface area (Å²) in [4.78, 5) is 25.6. The molecule has 1 aromatic rings. The van der Waals surface area contributed by atoms with Gasteiger partial charge in [0.25, 0.3) is 0 Å². The van der Waals surface area contributed by atoms with Gasteiger partial charge in [-0.1, -0.05) is 17.7 Å². The average molecular weight is 377 g/mol. The lowest BCUT2D eigenvalue weighted by atomic mass is 10.2. The summed E-state index contributed by atoms with van der Waals surface area (Å²) in [7, 11) is 0. The molecule has 6 nitrogen and oxygen atoms in total. The van der Waals surface area contributed by atoms with Crippen LogP contribution < -0.4 is 4.74 Å². The highest BCUT2D eigenvalue weighted by Crippen LogP contribution is 2.13. The topological polar surface area (TPSA) is 65.1 Å². The van der Waals surface area contributed by atoms with Crippen LogP contribution in [0.5, 0.6) is 5.75 Å². The Labute approximate surface area is 162 Å². The van der Waals surface area contributed by atoms with Crippen molar-refractivity contribution in [3.8, 4) is 5.75 Å². The number of hydrogen-bond donors (Lipinski definition) is 0. The molecule has 1 rings (SSSR count). The van der Waals surface area contributed by atoms with Crippen molar-refractivity contribution in [2.45, 2.75) is 47.1 Å². The Morgan fingerprint density at radius 3 is 2.33 bits per heavy atom. The van der Waals surface area contributed by atoms with Gasteiger partial charge in [0.15, 0.2) is 0 Å². The van der Waals surface area contributed by atoms with Crippen LogP contribution in [0.25, 0.3) is 0 Å². The molecule has 6 heteroatoms. The van der Waals surface area contributed by atoms with Crippen molar-refractivity contribution in [2.24, 2.45) is 0 Å². The average Bonchev–Trinajstić information content (AvgIpc) is 2.54. The van der Waals surface area contributed by atoms with Crippen LogP contribution in [-0.4, -0.2) is 48.9 Å². The van der Waals surface area contributed by atoms with Gasteiger partial charge >= 0.3 is 12.1 Å². The Balaban J connectivity index is 2.73. The predicted octanol–water partition coefficient (Wildman–Crippen LogP) is 4.12. The zero-order valence-corrected chi connectivity index (χ0v) is 17.2. The molecule has 0 saturated carbocycles. The lowest BCUT2D eigenvalue weighted by Gasteiger charge is -2.27. The number of esters is 1. The van der Waals surface area contributed by atoms with Gasteiger partial charge < -0.3 is 19.1 Å². The molecule has 0 aromatic heterocycles. The van der Waals surface area contributed by atoms with Gasteiger partial charge in [-0.25, -0.2) is 9.59 Å². The first kappa shape index (κ1) is 22.5. The monoisotopic (exact) mass is 377 g/mol. The standard InChI is InChI=1S/C21H31NO5/c1-7-25-19(23)14-17(3)15-22(20(24)27-21(4,5)6)12-13-26-18-10-8-16(2)9-11-18/h8-11,14H,7,12-13,15H2,1-6H3/b17-14+. The third kappa shape index (κ3) is 9.68. The molecule has 0 aliphatic carbocycles. The van der Waals surface area contributed by atoms with Crippen LogP contribution in [0.4, 0.5) is 4.79 Å². The first-order chi connectivity index (χ1) is 12.6. The van der Waals surface area contributed by atoms with E-state index in [1.54, 1.807) is 13.8 Å². The van der Waals surface area contributed by atoms with Crippen molar-refractivity contribution in [1.29, 1.82) is 0 Å². The van der Waals surface area contributed by atoms with E-state index in [4.69, 9.17) is 14.2 Å². The highest BCUT2D eigenvalue weighted by atomic mass is 16.6. The van der Waals surface area contributed by atoms with Crippen molar-refractivity contribution in [3.63, 3.8) is 0 Å². The summed E-state index contributed by atoms with van der Waals surface area (Å²) in [6, 6.07) is 7.71. The molecule has 0 spiro atoms. The SMILES string of the molecule is CCOC(=O)/C=C(\C)CN(CCOc1ccc(C)cc1)C(=O)OC(C)(C)C. The van der Waals surface area contributed by atoms with Crippen molar-refractivity contribution in [3.05, 3.63) is 41.5 Å². The lowest BCUT2D eigenvalue weighted by Crippen LogP contribution is -2.40. The van der Waals surface area contributed by atoms with Crippen LogP contribution in [0, 0.1) is 6.92 Å². The minimum absolute atomic E-state index is 0.255. The molecule has 150 valence electrons. The lowest BCUT2D eigenvalue weighted by molar-refractivity contribution is -0.137. The number of rotatable bonds is 8. The molecule has 1 aromatic carbocycles. The summed E-state index contributed by atoms with van der Waals surface area (Å²) >= 11 is 0. The number of benzene rings is 1. The van der Waals surface area contributed by atoms with E-state index in [-0.39, 0.29) is 6.54 Å². The number of amides is 1. The quantitative estimate of drug-likeness (QED) is 0.504. The summed E-state index contributed by atoms with van der Waals surface area (Å²) in [5.74, 6) is 0.318. The van der Waals surface area contributed by atoms with E-state index < -0.39 is 17.7 Å². The Morgan fingerprint density at radius 2 is 1.78 bits per heavy atom. The second-order valence-electron chi connectivity index (χ2n) is 7.31. The first-order valence-electron chi connectivity index (χ1n) is 9.12. The van der Waals surface area contributed by atoms with Crippen molar-refractivity contribution < 1.29 is 23.8 Å². The van der Waals surface area contributed by atoms with Crippen LogP contribution in [0.1, 0.15) is 40.2 Å². The number of carbonyl (C=O) groups excluding carboxylic acids is 2. The molecule has 1 amide bonds. The summed E-state index contributed by atoms with van der Waals surface area (Å²) < 4.78 is 16.1. The van der Waals surface area contributed by atoms with E-state index in [2.05, 4.69) is 0 Å². The maximum Gasteiger partial charge on any atom is 0.410 e. The van der Waals surface area contributed by atoms with E-state index in [1.807, 2.05) is 52.0 Å². The van der Waals surface area contributed by atoms with Crippen molar-refractivity contribution >= 4 is 12.1 Å². The molecule has 0 unspecified atom stereocenters. The van der Waals surface area contributed by atoms with Gasteiger partial charge in [-0.05, 0) is 59.2 Å². The van der Waals surface area contributed by atoms with E-state index in [9.17, 15) is 9.59 Å². The smallest absolute Gasteiger partial charge is 0.410 e. The minimum Gasteiger partial charge on any atom is -0.492 e. The minimum atomic E-state index is -0.605. The summed E-state index contributed by atoms with van der Waals surface area (Å²) in [6.45, 7) is 12.2. The van der Waals surface area contributed by atoms with E-state index in [0.717, 1.165) is 11.3 Å². The number of hydrogen-bond acceptors (Lipinski definition) is 5. The molecule has 0 fully saturated rings. The molecular weight excluding hydrogens is 346 g/mol. The Morgan fingerprint density at radius 1 is 1.15 bits per heavy atom. The molecule has 27 heavy (non-hydrogen) atoms. The van der Waals surface area contributed by atoms with E-state index >= 15 is 0 Å². The second kappa shape index (κ2) is 10.6. The Kier molecular flexibility index (Phi) is 8.85. The molecular formula is C21H31NO5. The predicted molar refractivity (Wildman–Crippen MR) is 105 cm³/mol.